The SMILES string of the molecule is Cc1cc(NC(=O)C(C)(C)C)sc1C(=O)OCC(=O)N[C@H](C)c1ccco1. The van der Waals surface area contributed by atoms with Gasteiger partial charge in [0.25, 0.3) is 5.91 Å². The molecular formula is C19H24N2O5S. The van der Waals surface area contributed by atoms with Gasteiger partial charge in [-0.25, -0.2) is 4.79 Å². The fourth-order valence-corrected chi connectivity index (χ4v) is 3.10. The molecule has 1 atom stereocenters. The van der Waals surface area contributed by atoms with Gasteiger partial charge in [0.15, 0.2) is 6.61 Å². The van der Waals surface area contributed by atoms with Gasteiger partial charge < -0.3 is 19.8 Å². The number of nitrogens with one attached hydrogen (secondary N) is 2. The molecular weight excluding hydrogens is 368 g/mol. The van der Waals surface area contributed by atoms with Crippen molar-refractivity contribution in [3.63, 3.8) is 0 Å². The first-order valence-electron chi connectivity index (χ1n) is 8.49. The minimum absolute atomic E-state index is 0.144. The van der Waals surface area contributed by atoms with Crippen LogP contribution in [0.2, 0.25) is 0 Å². The van der Waals surface area contributed by atoms with E-state index in [1.807, 2.05) is 0 Å². The molecule has 27 heavy (non-hydrogen) atoms. The second-order valence-electron chi connectivity index (χ2n) is 7.21. The Hall–Kier alpha value is -2.61. The average Bonchev–Trinajstić information content (AvgIpc) is 3.21. The van der Waals surface area contributed by atoms with Crippen LogP contribution in [0.1, 0.15) is 54.7 Å². The number of hydrogen-bond donors (Lipinski definition) is 2. The van der Waals surface area contributed by atoms with Crippen molar-refractivity contribution in [2.45, 2.75) is 40.7 Å². The zero-order chi connectivity index (χ0) is 20.2. The highest BCUT2D eigenvalue weighted by Crippen LogP contribution is 2.29. The Morgan fingerprint density at radius 1 is 1.30 bits per heavy atom. The Bertz CT molecular complexity index is 818. The molecule has 0 aliphatic carbocycles. The van der Waals surface area contributed by atoms with Crippen molar-refractivity contribution in [1.29, 1.82) is 0 Å². The van der Waals surface area contributed by atoms with E-state index in [0.717, 1.165) is 11.3 Å². The number of amides is 2. The van der Waals surface area contributed by atoms with Gasteiger partial charge in [0.1, 0.15) is 10.6 Å². The van der Waals surface area contributed by atoms with Crippen LogP contribution in [0.5, 0.6) is 0 Å². The topological polar surface area (TPSA) is 97.6 Å². The third-order valence-electron chi connectivity index (χ3n) is 3.70. The van der Waals surface area contributed by atoms with Crippen LogP contribution in [0.25, 0.3) is 0 Å². The highest BCUT2D eigenvalue weighted by atomic mass is 32.1. The van der Waals surface area contributed by atoms with Crippen molar-refractivity contribution in [2.24, 2.45) is 5.41 Å². The summed E-state index contributed by atoms with van der Waals surface area (Å²) in [4.78, 5) is 36.6. The number of furan rings is 1. The number of hydrogen-bond acceptors (Lipinski definition) is 6. The van der Waals surface area contributed by atoms with Crippen LogP contribution in [0, 0.1) is 12.3 Å². The molecule has 8 heteroatoms. The molecule has 0 aliphatic heterocycles. The molecule has 0 bridgehead atoms. The van der Waals surface area contributed by atoms with E-state index in [2.05, 4.69) is 10.6 Å². The van der Waals surface area contributed by atoms with E-state index in [-0.39, 0.29) is 11.9 Å². The number of carbonyl (C=O) groups excluding carboxylic acids is 3. The second kappa shape index (κ2) is 8.39. The Balaban J connectivity index is 1.90. The summed E-state index contributed by atoms with van der Waals surface area (Å²) in [5, 5.41) is 6.04. The molecule has 0 fully saturated rings. The molecule has 2 heterocycles. The van der Waals surface area contributed by atoms with Gasteiger partial charge >= 0.3 is 5.97 Å². The summed E-state index contributed by atoms with van der Waals surface area (Å²) in [5.74, 6) is -0.560. The van der Waals surface area contributed by atoms with Gasteiger partial charge in [-0.3, -0.25) is 9.59 Å². The van der Waals surface area contributed by atoms with Gasteiger partial charge in [-0.1, -0.05) is 20.8 Å². The van der Waals surface area contributed by atoms with Crippen molar-refractivity contribution >= 4 is 34.1 Å². The molecule has 0 aromatic carbocycles. The number of carbonyl (C=O) groups is 3. The van der Waals surface area contributed by atoms with Crippen LogP contribution >= 0.6 is 11.3 Å². The lowest BCUT2D eigenvalue weighted by Crippen LogP contribution is -2.30. The van der Waals surface area contributed by atoms with E-state index in [9.17, 15) is 14.4 Å². The lowest BCUT2D eigenvalue weighted by molar-refractivity contribution is -0.125. The van der Waals surface area contributed by atoms with Crippen molar-refractivity contribution in [1.82, 2.24) is 5.32 Å². The van der Waals surface area contributed by atoms with Crippen LogP contribution in [0.4, 0.5) is 5.00 Å². The zero-order valence-electron chi connectivity index (χ0n) is 16.0. The van der Waals surface area contributed by atoms with Crippen molar-refractivity contribution in [2.75, 3.05) is 11.9 Å². The monoisotopic (exact) mass is 392 g/mol. The number of aryl methyl sites for hydroxylation is 1. The first-order valence-corrected chi connectivity index (χ1v) is 9.31. The van der Waals surface area contributed by atoms with E-state index < -0.39 is 23.9 Å². The fourth-order valence-electron chi connectivity index (χ4n) is 2.13. The van der Waals surface area contributed by atoms with Crippen LogP contribution in [-0.4, -0.2) is 24.4 Å². The zero-order valence-corrected chi connectivity index (χ0v) is 16.9. The largest absolute Gasteiger partial charge is 0.467 e. The van der Waals surface area contributed by atoms with Gasteiger partial charge in [0.05, 0.1) is 17.3 Å². The Morgan fingerprint density at radius 3 is 2.59 bits per heavy atom. The maximum atomic E-state index is 12.3. The van der Waals surface area contributed by atoms with E-state index in [0.29, 0.717) is 21.2 Å². The lowest BCUT2D eigenvalue weighted by Gasteiger charge is -2.16. The quantitative estimate of drug-likeness (QED) is 0.731. The molecule has 7 nitrogen and oxygen atoms in total. The Labute approximate surface area is 162 Å². The Kier molecular flexibility index (Phi) is 6.43. The van der Waals surface area contributed by atoms with Gasteiger partial charge in [-0.05, 0) is 37.6 Å². The molecule has 0 aliphatic rings. The van der Waals surface area contributed by atoms with Crippen molar-refractivity contribution in [3.8, 4) is 0 Å². The smallest absolute Gasteiger partial charge is 0.349 e. The molecule has 0 radical (unpaired) electrons. The predicted molar refractivity (Wildman–Crippen MR) is 103 cm³/mol. The predicted octanol–water partition coefficient (Wildman–Crippen LogP) is 3.67. The maximum Gasteiger partial charge on any atom is 0.349 e. The van der Waals surface area contributed by atoms with Crippen molar-refractivity contribution < 1.29 is 23.5 Å². The molecule has 0 saturated carbocycles. The van der Waals surface area contributed by atoms with Gasteiger partial charge in [-0.2, -0.15) is 0 Å². The fraction of sp³-hybridized carbons (Fsp3) is 0.421. The molecule has 2 N–H and O–H groups in total. The van der Waals surface area contributed by atoms with Gasteiger partial charge in [0.2, 0.25) is 5.91 Å². The minimum Gasteiger partial charge on any atom is -0.467 e. The molecule has 2 aromatic rings. The number of anilines is 1. The van der Waals surface area contributed by atoms with Crippen LogP contribution in [0.15, 0.2) is 28.9 Å². The summed E-state index contributed by atoms with van der Waals surface area (Å²) in [6, 6.07) is 4.87. The van der Waals surface area contributed by atoms with E-state index in [1.54, 1.807) is 52.8 Å². The average molecular weight is 392 g/mol. The summed E-state index contributed by atoms with van der Waals surface area (Å²) in [5.41, 5.74) is 0.139. The molecule has 2 aromatic heterocycles. The van der Waals surface area contributed by atoms with E-state index in [4.69, 9.17) is 9.15 Å². The molecule has 146 valence electrons. The highest BCUT2D eigenvalue weighted by molar-refractivity contribution is 7.18. The molecule has 2 rings (SSSR count). The van der Waals surface area contributed by atoms with E-state index in [1.165, 1.54) is 6.26 Å². The Morgan fingerprint density at radius 2 is 2.00 bits per heavy atom. The summed E-state index contributed by atoms with van der Waals surface area (Å²) in [6.07, 6.45) is 1.52. The first kappa shape index (κ1) is 20.7. The third-order valence-corrected chi connectivity index (χ3v) is 4.84. The van der Waals surface area contributed by atoms with E-state index >= 15 is 0 Å². The summed E-state index contributed by atoms with van der Waals surface area (Å²) in [7, 11) is 0. The summed E-state index contributed by atoms with van der Waals surface area (Å²) in [6.45, 7) is 8.54. The third kappa shape index (κ3) is 5.68. The standard InChI is InChI=1S/C19H24N2O5S/c1-11-9-15(21-18(24)19(3,4)5)27-16(11)17(23)26-10-14(22)20-12(2)13-7-6-8-25-13/h6-9,12H,10H2,1-5H3,(H,20,22)(H,21,24)/t12-/m1/s1. The summed E-state index contributed by atoms with van der Waals surface area (Å²) < 4.78 is 10.3. The number of esters is 1. The van der Waals surface area contributed by atoms with Crippen LogP contribution < -0.4 is 10.6 Å². The lowest BCUT2D eigenvalue weighted by atomic mass is 9.96. The highest BCUT2D eigenvalue weighted by Gasteiger charge is 2.23. The normalized spacial score (nSPS) is 12.3. The number of thiophene rings is 1. The van der Waals surface area contributed by atoms with Gasteiger partial charge in [-0.15, -0.1) is 11.3 Å². The molecule has 0 spiro atoms. The molecule has 0 saturated heterocycles. The molecule has 2 amide bonds. The minimum atomic E-state index is -0.602. The maximum absolute atomic E-state index is 12.3. The second-order valence-corrected chi connectivity index (χ2v) is 8.26. The summed E-state index contributed by atoms with van der Waals surface area (Å²) >= 11 is 1.12. The first-order chi connectivity index (χ1) is 12.6. The van der Waals surface area contributed by atoms with Crippen LogP contribution in [-0.2, 0) is 14.3 Å². The van der Waals surface area contributed by atoms with Crippen LogP contribution in [0.3, 0.4) is 0 Å². The molecule has 0 unspecified atom stereocenters. The number of ether oxygens (including phenoxy) is 1. The number of rotatable bonds is 6. The van der Waals surface area contributed by atoms with Gasteiger partial charge in [0, 0.05) is 5.41 Å². The van der Waals surface area contributed by atoms with Crippen molar-refractivity contribution in [3.05, 3.63) is 40.7 Å².